The maximum absolute atomic E-state index is 5.17. The first-order valence-electron chi connectivity index (χ1n) is 3.07. The monoisotopic (exact) mass is 132 g/mol. The lowest BCUT2D eigenvalue weighted by Crippen LogP contribution is -1.95. The van der Waals surface area contributed by atoms with Gasteiger partial charge in [-0.15, -0.1) is 6.42 Å². The summed E-state index contributed by atoms with van der Waals surface area (Å²) < 4.78 is 0. The van der Waals surface area contributed by atoms with Crippen molar-refractivity contribution in [3.63, 3.8) is 0 Å². The van der Waals surface area contributed by atoms with E-state index in [0.717, 1.165) is 0 Å². The molecule has 0 aliphatic carbocycles. The normalized spacial score (nSPS) is 12.0. The summed E-state index contributed by atoms with van der Waals surface area (Å²) >= 11 is 0. The molecule has 0 saturated carbocycles. The number of aromatic nitrogens is 2. The minimum atomic E-state index is 0.0150. The molecule has 1 rings (SSSR count). The summed E-state index contributed by atoms with van der Waals surface area (Å²) in [5.74, 6) is 3.28. The van der Waals surface area contributed by atoms with E-state index in [1.54, 1.807) is 18.5 Å². The Hall–Kier alpha value is -1.36. The van der Waals surface area contributed by atoms with Crippen LogP contribution in [-0.2, 0) is 0 Å². The SMILES string of the molecule is C#C[C@H](C)c1ncccn1. The van der Waals surface area contributed by atoms with Crippen LogP contribution in [0.5, 0.6) is 0 Å². The fourth-order valence-electron chi connectivity index (χ4n) is 0.609. The molecule has 0 unspecified atom stereocenters. The molecular formula is C8H8N2. The molecule has 1 aromatic rings. The van der Waals surface area contributed by atoms with Crippen molar-refractivity contribution in [2.45, 2.75) is 12.8 Å². The van der Waals surface area contributed by atoms with Gasteiger partial charge in [0.25, 0.3) is 0 Å². The van der Waals surface area contributed by atoms with Gasteiger partial charge in [0.1, 0.15) is 5.82 Å². The molecule has 0 saturated heterocycles. The minimum Gasteiger partial charge on any atom is -0.240 e. The standard InChI is InChI=1S/C8H8N2/c1-3-7(2)8-9-5-4-6-10-8/h1,4-7H,2H3/t7-/m0/s1. The number of terminal acetylenes is 1. The highest BCUT2D eigenvalue weighted by Crippen LogP contribution is 2.04. The smallest absolute Gasteiger partial charge is 0.142 e. The Kier molecular flexibility index (Phi) is 2.01. The largest absolute Gasteiger partial charge is 0.240 e. The second-order valence-corrected chi connectivity index (χ2v) is 2.00. The zero-order chi connectivity index (χ0) is 7.40. The zero-order valence-electron chi connectivity index (χ0n) is 5.78. The second kappa shape index (κ2) is 2.98. The van der Waals surface area contributed by atoms with Gasteiger partial charge in [-0.3, -0.25) is 0 Å². The van der Waals surface area contributed by atoms with E-state index < -0.39 is 0 Å². The molecule has 0 fully saturated rings. The van der Waals surface area contributed by atoms with Crippen molar-refractivity contribution in [1.82, 2.24) is 9.97 Å². The molecule has 50 valence electrons. The molecule has 0 aromatic carbocycles. The van der Waals surface area contributed by atoms with Crippen molar-refractivity contribution in [3.05, 3.63) is 24.3 Å². The molecule has 0 N–H and O–H groups in total. The van der Waals surface area contributed by atoms with Crippen LogP contribution in [0, 0.1) is 12.3 Å². The highest BCUT2D eigenvalue weighted by Gasteiger charge is 2.00. The number of nitrogens with zero attached hydrogens (tertiary/aromatic N) is 2. The van der Waals surface area contributed by atoms with E-state index >= 15 is 0 Å². The molecule has 0 bridgehead atoms. The lowest BCUT2D eigenvalue weighted by molar-refractivity contribution is 0.865. The minimum absolute atomic E-state index is 0.0150. The van der Waals surface area contributed by atoms with Crippen molar-refractivity contribution >= 4 is 0 Å². The molecule has 0 aliphatic rings. The summed E-state index contributed by atoms with van der Waals surface area (Å²) in [5.41, 5.74) is 0. The van der Waals surface area contributed by atoms with Crippen LogP contribution in [0.25, 0.3) is 0 Å². The van der Waals surface area contributed by atoms with Crippen LogP contribution in [0.3, 0.4) is 0 Å². The van der Waals surface area contributed by atoms with Gasteiger partial charge in [-0.1, -0.05) is 5.92 Å². The molecule has 1 atom stereocenters. The quantitative estimate of drug-likeness (QED) is 0.537. The van der Waals surface area contributed by atoms with E-state index in [9.17, 15) is 0 Å². The molecule has 2 nitrogen and oxygen atoms in total. The summed E-state index contributed by atoms with van der Waals surface area (Å²) in [4.78, 5) is 7.99. The van der Waals surface area contributed by atoms with Crippen LogP contribution in [0.15, 0.2) is 18.5 Å². The maximum Gasteiger partial charge on any atom is 0.142 e. The van der Waals surface area contributed by atoms with Gasteiger partial charge in [-0.2, -0.15) is 0 Å². The van der Waals surface area contributed by atoms with Crippen molar-refractivity contribution < 1.29 is 0 Å². The first-order chi connectivity index (χ1) is 4.84. The van der Waals surface area contributed by atoms with Gasteiger partial charge in [-0.05, 0) is 13.0 Å². The van der Waals surface area contributed by atoms with E-state index in [-0.39, 0.29) is 5.92 Å². The Balaban J connectivity index is 2.88. The van der Waals surface area contributed by atoms with Crippen LogP contribution in [-0.4, -0.2) is 9.97 Å². The summed E-state index contributed by atoms with van der Waals surface area (Å²) in [6.45, 7) is 1.90. The third kappa shape index (κ3) is 1.32. The van der Waals surface area contributed by atoms with Crippen molar-refractivity contribution in [2.75, 3.05) is 0 Å². The predicted octanol–water partition coefficient (Wildman–Crippen LogP) is 1.21. The van der Waals surface area contributed by atoms with Crippen LogP contribution in [0.2, 0.25) is 0 Å². The fraction of sp³-hybridized carbons (Fsp3) is 0.250. The topological polar surface area (TPSA) is 25.8 Å². The average molecular weight is 132 g/mol. The van der Waals surface area contributed by atoms with Crippen LogP contribution in [0.1, 0.15) is 18.7 Å². The molecule has 2 heteroatoms. The first-order valence-corrected chi connectivity index (χ1v) is 3.07. The van der Waals surface area contributed by atoms with Crippen molar-refractivity contribution in [2.24, 2.45) is 0 Å². The molecule has 10 heavy (non-hydrogen) atoms. The van der Waals surface area contributed by atoms with Crippen molar-refractivity contribution in [1.29, 1.82) is 0 Å². The Labute approximate surface area is 60.3 Å². The Morgan fingerprint density at radius 3 is 2.60 bits per heavy atom. The predicted molar refractivity (Wildman–Crippen MR) is 39.3 cm³/mol. The Morgan fingerprint density at radius 1 is 1.50 bits per heavy atom. The van der Waals surface area contributed by atoms with Crippen LogP contribution in [0.4, 0.5) is 0 Å². The van der Waals surface area contributed by atoms with Crippen LogP contribution >= 0.6 is 0 Å². The lowest BCUT2D eigenvalue weighted by atomic mass is 10.2. The van der Waals surface area contributed by atoms with Gasteiger partial charge in [-0.25, -0.2) is 9.97 Å². The first kappa shape index (κ1) is 6.76. The molecule has 1 heterocycles. The molecule has 0 spiro atoms. The lowest BCUT2D eigenvalue weighted by Gasteiger charge is -1.98. The number of hydrogen-bond donors (Lipinski definition) is 0. The summed E-state index contributed by atoms with van der Waals surface area (Å²) in [6, 6.07) is 1.77. The fourth-order valence-corrected chi connectivity index (χ4v) is 0.609. The summed E-state index contributed by atoms with van der Waals surface area (Å²) in [5, 5.41) is 0. The van der Waals surface area contributed by atoms with Gasteiger partial charge in [0.2, 0.25) is 0 Å². The van der Waals surface area contributed by atoms with E-state index in [0.29, 0.717) is 5.82 Å². The molecule has 0 amide bonds. The van der Waals surface area contributed by atoms with Gasteiger partial charge in [0.05, 0.1) is 5.92 Å². The third-order valence-electron chi connectivity index (χ3n) is 1.22. The molecule has 0 radical (unpaired) electrons. The van der Waals surface area contributed by atoms with Gasteiger partial charge < -0.3 is 0 Å². The second-order valence-electron chi connectivity index (χ2n) is 2.00. The zero-order valence-corrected chi connectivity index (χ0v) is 5.78. The Bertz CT molecular complexity index is 235. The van der Waals surface area contributed by atoms with Gasteiger partial charge >= 0.3 is 0 Å². The van der Waals surface area contributed by atoms with Crippen molar-refractivity contribution in [3.8, 4) is 12.3 Å². The third-order valence-corrected chi connectivity index (χ3v) is 1.22. The van der Waals surface area contributed by atoms with E-state index in [1.807, 2.05) is 6.92 Å². The number of rotatable bonds is 1. The van der Waals surface area contributed by atoms with Gasteiger partial charge in [0.15, 0.2) is 0 Å². The highest BCUT2D eigenvalue weighted by atomic mass is 14.9. The summed E-state index contributed by atoms with van der Waals surface area (Å²) in [6.07, 6.45) is 8.56. The number of hydrogen-bond acceptors (Lipinski definition) is 2. The highest BCUT2D eigenvalue weighted by molar-refractivity contribution is 5.09. The van der Waals surface area contributed by atoms with Crippen LogP contribution < -0.4 is 0 Å². The molecule has 1 aromatic heterocycles. The van der Waals surface area contributed by atoms with E-state index in [2.05, 4.69) is 15.9 Å². The summed E-state index contributed by atoms with van der Waals surface area (Å²) in [7, 11) is 0. The maximum atomic E-state index is 5.17. The molecule has 0 aliphatic heterocycles. The Morgan fingerprint density at radius 2 is 2.10 bits per heavy atom. The van der Waals surface area contributed by atoms with E-state index in [1.165, 1.54) is 0 Å². The van der Waals surface area contributed by atoms with Gasteiger partial charge in [0, 0.05) is 12.4 Å². The molecular weight excluding hydrogens is 124 g/mol. The van der Waals surface area contributed by atoms with E-state index in [4.69, 9.17) is 6.42 Å². The average Bonchev–Trinajstić information content (AvgIpc) is 2.05.